The molecule has 2 saturated heterocycles. The van der Waals surface area contributed by atoms with Gasteiger partial charge >= 0.3 is 0 Å². The smallest absolute Gasteiger partial charge is 0.238 e. The lowest BCUT2D eigenvalue weighted by Crippen LogP contribution is -2.54. The number of hydrogen-bond acceptors (Lipinski definition) is 4. The van der Waals surface area contributed by atoms with Gasteiger partial charge in [-0.25, -0.2) is 4.39 Å². The SMILES string of the molecule is CO[C@H]1C[C@@H](C(=O)NC2(c3ccc(F)cc3)CCOCC2)N(C)C1. The first-order chi connectivity index (χ1) is 11.5. The van der Waals surface area contributed by atoms with E-state index in [-0.39, 0.29) is 23.9 Å². The third-order valence-corrected chi connectivity index (χ3v) is 5.25. The van der Waals surface area contributed by atoms with Crippen LogP contribution in [0.15, 0.2) is 24.3 Å². The maximum absolute atomic E-state index is 13.3. The molecule has 0 radical (unpaired) electrons. The molecule has 0 spiro atoms. The van der Waals surface area contributed by atoms with Gasteiger partial charge < -0.3 is 14.8 Å². The largest absolute Gasteiger partial charge is 0.381 e. The van der Waals surface area contributed by atoms with Gasteiger partial charge in [0.2, 0.25) is 5.91 Å². The number of carbonyl (C=O) groups is 1. The van der Waals surface area contributed by atoms with E-state index in [2.05, 4.69) is 5.32 Å². The van der Waals surface area contributed by atoms with Crippen LogP contribution in [0.1, 0.15) is 24.8 Å². The monoisotopic (exact) mass is 336 g/mol. The summed E-state index contributed by atoms with van der Waals surface area (Å²) in [6.45, 7) is 1.92. The van der Waals surface area contributed by atoms with E-state index in [1.807, 2.05) is 11.9 Å². The van der Waals surface area contributed by atoms with Crippen molar-refractivity contribution in [3.63, 3.8) is 0 Å². The number of carbonyl (C=O) groups excluding carboxylic acids is 1. The van der Waals surface area contributed by atoms with E-state index < -0.39 is 5.54 Å². The molecular weight excluding hydrogens is 311 g/mol. The number of amides is 1. The van der Waals surface area contributed by atoms with Gasteiger partial charge in [0.1, 0.15) is 5.82 Å². The summed E-state index contributed by atoms with van der Waals surface area (Å²) < 4.78 is 24.2. The van der Waals surface area contributed by atoms with Gasteiger partial charge in [0, 0.05) is 26.9 Å². The van der Waals surface area contributed by atoms with Crippen LogP contribution in [-0.2, 0) is 19.8 Å². The topological polar surface area (TPSA) is 50.8 Å². The first-order valence-corrected chi connectivity index (χ1v) is 8.43. The maximum Gasteiger partial charge on any atom is 0.238 e. The van der Waals surface area contributed by atoms with E-state index in [0.29, 0.717) is 32.5 Å². The van der Waals surface area contributed by atoms with Crippen molar-refractivity contribution in [3.8, 4) is 0 Å². The lowest BCUT2D eigenvalue weighted by atomic mass is 9.82. The molecule has 1 aromatic rings. The minimum atomic E-state index is -0.491. The lowest BCUT2D eigenvalue weighted by Gasteiger charge is -2.39. The van der Waals surface area contributed by atoms with E-state index in [4.69, 9.17) is 9.47 Å². The minimum absolute atomic E-state index is 0.00303. The fraction of sp³-hybridized carbons (Fsp3) is 0.611. The van der Waals surface area contributed by atoms with Crippen LogP contribution >= 0.6 is 0 Å². The second-order valence-corrected chi connectivity index (χ2v) is 6.74. The quantitative estimate of drug-likeness (QED) is 0.909. The number of benzene rings is 1. The average Bonchev–Trinajstić information content (AvgIpc) is 2.97. The summed E-state index contributed by atoms with van der Waals surface area (Å²) in [5, 5.41) is 3.25. The van der Waals surface area contributed by atoms with E-state index >= 15 is 0 Å². The lowest BCUT2D eigenvalue weighted by molar-refractivity contribution is -0.128. The zero-order valence-corrected chi connectivity index (χ0v) is 14.3. The van der Waals surface area contributed by atoms with E-state index in [1.165, 1.54) is 12.1 Å². The number of halogens is 1. The number of rotatable bonds is 4. The second kappa shape index (κ2) is 7.17. The summed E-state index contributed by atoms with van der Waals surface area (Å²) in [6, 6.07) is 6.21. The number of nitrogens with one attached hydrogen (secondary N) is 1. The Labute approximate surface area is 142 Å². The summed E-state index contributed by atoms with van der Waals surface area (Å²) in [4.78, 5) is 14.9. The van der Waals surface area contributed by atoms with Crippen LogP contribution in [0.25, 0.3) is 0 Å². The number of hydrogen-bond donors (Lipinski definition) is 1. The van der Waals surface area contributed by atoms with Gasteiger partial charge in [-0.15, -0.1) is 0 Å². The van der Waals surface area contributed by atoms with Crippen molar-refractivity contribution in [3.05, 3.63) is 35.6 Å². The van der Waals surface area contributed by atoms with Crippen LogP contribution in [0.4, 0.5) is 4.39 Å². The first-order valence-electron chi connectivity index (χ1n) is 8.43. The molecule has 2 atom stereocenters. The molecule has 6 heteroatoms. The highest BCUT2D eigenvalue weighted by molar-refractivity contribution is 5.83. The molecular formula is C18H25FN2O3. The van der Waals surface area contributed by atoms with Gasteiger partial charge in [0.25, 0.3) is 0 Å². The molecule has 24 heavy (non-hydrogen) atoms. The Kier molecular flexibility index (Phi) is 5.18. The van der Waals surface area contributed by atoms with Gasteiger partial charge in [-0.1, -0.05) is 12.1 Å². The molecule has 0 unspecified atom stereocenters. The molecule has 0 aromatic heterocycles. The second-order valence-electron chi connectivity index (χ2n) is 6.74. The van der Waals surface area contributed by atoms with Gasteiger partial charge in [-0.2, -0.15) is 0 Å². The Morgan fingerprint density at radius 2 is 2.00 bits per heavy atom. The molecule has 2 aliphatic heterocycles. The van der Waals surface area contributed by atoms with Gasteiger partial charge in [-0.05, 0) is 44.0 Å². The first kappa shape index (κ1) is 17.3. The summed E-state index contributed by atoms with van der Waals surface area (Å²) >= 11 is 0. The number of methoxy groups -OCH3 is 1. The van der Waals surface area contributed by atoms with Gasteiger partial charge in [0.15, 0.2) is 0 Å². The molecule has 1 amide bonds. The molecule has 0 aliphatic carbocycles. The number of nitrogens with zero attached hydrogens (tertiary/aromatic N) is 1. The fourth-order valence-corrected chi connectivity index (χ4v) is 3.72. The average molecular weight is 336 g/mol. The Balaban J connectivity index is 1.79. The van der Waals surface area contributed by atoms with Crippen molar-refractivity contribution >= 4 is 5.91 Å². The molecule has 2 heterocycles. The van der Waals surface area contributed by atoms with Crippen LogP contribution < -0.4 is 5.32 Å². The van der Waals surface area contributed by atoms with Gasteiger partial charge in [0.05, 0.1) is 17.7 Å². The van der Waals surface area contributed by atoms with Crippen LogP contribution in [0, 0.1) is 5.82 Å². The van der Waals surface area contributed by atoms with Crippen molar-refractivity contribution < 1.29 is 18.7 Å². The molecule has 5 nitrogen and oxygen atoms in total. The number of ether oxygens (including phenoxy) is 2. The molecule has 0 bridgehead atoms. The van der Waals surface area contributed by atoms with Crippen molar-refractivity contribution in [2.24, 2.45) is 0 Å². The Bertz CT molecular complexity index is 572. The van der Waals surface area contributed by atoms with Crippen LogP contribution in [0.2, 0.25) is 0 Å². The third-order valence-electron chi connectivity index (χ3n) is 5.25. The summed E-state index contributed by atoms with van der Waals surface area (Å²) in [5.41, 5.74) is 0.444. The predicted octanol–water partition coefficient (Wildman–Crippen LogP) is 1.67. The molecule has 1 N–H and O–H groups in total. The third kappa shape index (κ3) is 3.45. The summed E-state index contributed by atoms with van der Waals surface area (Å²) in [7, 11) is 3.62. The van der Waals surface area contributed by atoms with Crippen LogP contribution in [0.5, 0.6) is 0 Å². The Morgan fingerprint density at radius 3 is 2.58 bits per heavy atom. The van der Waals surface area contributed by atoms with Crippen molar-refractivity contribution in [2.45, 2.75) is 36.9 Å². The highest BCUT2D eigenvalue weighted by Gasteiger charge is 2.41. The zero-order chi connectivity index (χ0) is 17.2. The highest BCUT2D eigenvalue weighted by Crippen LogP contribution is 2.33. The van der Waals surface area contributed by atoms with E-state index in [0.717, 1.165) is 12.1 Å². The highest BCUT2D eigenvalue weighted by atomic mass is 19.1. The predicted molar refractivity (Wildman–Crippen MR) is 88.1 cm³/mol. The molecule has 2 fully saturated rings. The van der Waals surface area contributed by atoms with E-state index in [1.54, 1.807) is 19.2 Å². The normalized spacial score (nSPS) is 27.1. The fourth-order valence-electron chi connectivity index (χ4n) is 3.72. The molecule has 1 aromatic carbocycles. The zero-order valence-electron chi connectivity index (χ0n) is 14.3. The van der Waals surface area contributed by atoms with Crippen LogP contribution in [-0.4, -0.2) is 56.9 Å². The molecule has 3 rings (SSSR count). The van der Waals surface area contributed by atoms with Crippen molar-refractivity contribution in [1.82, 2.24) is 10.2 Å². The van der Waals surface area contributed by atoms with Gasteiger partial charge in [-0.3, -0.25) is 9.69 Å². The van der Waals surface area contributed by atoms with Crippen molar-refractivity contribution in [1.29, 1.82) is 0 Å². The Hall–Kier alpha value is -1.50. The standard InChI is InChI=1S/C18H25FN2O3/c1-21-12-15(23-2)11-16(21)17(22)20-18(7-9-24-10-8-18)13-3-5-14(19)6-4-13/h3-6,15-16H,7-12H2,1-2H3,(H,20,22)/t15-,16-/m0/s1. The maximum atomic E-state index is 13.3. The molecule has 0 saturated carbocycles. The minimum Gasteiger partial charge on any atom is -0.381 e. The van der Waals surface area contributed by atoms with Crippen molar-refractivity contribution in [2.75, 3.05) is 33.9 Å². The van der Waals surface area contributed by atoms with E-state index in [9.17, 15) is 9.18 Å². The molecule has 2 aliphatic rings. The number of likely N-dealkylation sites (N-methyl/N-ethyl adjacent to an activating group) is 1. The summed E-state index contributed by atoms with van der Waals surface area (Å²) in [6.07, 6.45) is 2.15. The molecule has 132 valence electrons. The van der Waals surface area contributed by atoms with Crippen LogP contribution in [0.3, 0.4) is 0 Å². The number of likely N-dealkylation sites (tertiary alicyclic amines) is 1. The summed E-state index contributed by atoms with van der Waals surface area (Å²) in [5.74, 6) is -0.269. The Morgan fingerprint density at radius 1 is 1.33 bits per heavy atom.